The summed E-state index contributed by atoms with van der Waals surface area (Å²) >= 11 is 0. The Morgan fingerprint density at radius 2 is 1.68 bits per heavy atom. The van der Waals surface area contributed by atoms with Crippen molar-refractivity contribution in [1.29, 1.82) is 0 Å². The predicted molar refractivity (Wildman–Crippen MR) is 84.8 cm³/mol. The van der Waals surface area contributed by atoms with E-state index in [2.05, 4.69) is 62.5 Å². The lowest BCUT2D eigenvalue weighted by Crippen LogP contribution is -2.23. The number of nitrogens with one attached hydrogen (secondary N) is 1. The molecule has 19 heavy (non-hydrogen) atoms. The molecule has 0 amide bonds. The molecule has 0 heterocycles. The first-order chi connectivity index (χ1) is 9.18. The molecular formula is C18H25N. The van der Waals surface area contributed by atoms with Gasteiger partial charge in [0.25, 0.3) is 0 Å². The van der Waals surface area contributed by atoms with Gasteiger partial charge >= 0.3 is 0 Å². The molecule has 0 bridgehead atoms. The van der Waals surface area contributed by atoms with Crippen molar-refractivity contribution in [1.82, 2.24) is 5.32 Å². The van der Waals surface area contributed by atoms with Crippen molar-refractivity contribution in [3.05, 3.63) is 47.5 Å². The van der Waals surface area contributed by atoms with Gasteiger partial charge in [-0.05, 0) is 54.6 Å². The van der Waals surface area contributed by atoms with E-state index in [1.807, 2.05) is 0 Å². The summed E-state index contributed by atoms with van der Waals surface area (Å²) in [5.41, 5.74) is 2.87. The highest BCUT2D eigenvalue weighted by Crippen LogP contribution is 2.23. The van der Waals surface area contributed by atoms with Gasteiger partial charge in [-0.3, -0.25) is 0 Å². The lowest BCUT2D eigenvalue weighted by molar-refractivity contribution is 0.558. The van der Waals surface area contributed by atoms with Crippen LogP contribution in [-0.4, -0.2) is 12.6 Å². The summed E-state index contributed by atoms with van der Waals surface area (Å²) in [4.78, 5) is 0. The highest BCUT2D eigenvalue weighted by molar-refractivity contribution is 5.88. The van der Waals surface area contributed by atoms with Crippen LogP contribution in [0, 0.1) is 6.92 Å². The summed E-state index contributed by atoms with van der Waals surface area (Å²) in [7, 11) is 0. The zero-order chi connectivity index (χ0) is 13.7. The van der Waals surface area contributed by atoms with E-state index in [0.717, 1.165) is 6.54 Å². The average molecular weight is 255 g/mol. The molecule has 1 heteroatoms. The van der Waals surface area contributed by atoms with Gasteiger partial charge in [0, 0.05) is 6.04 Å². The van der Waals surface area contributed by atoms with Crippen molar-refractivity contribution in [2.24, 2.45) is 0 Å². The molecule has 0 aliphatic rings. The van der Waals surface area contributed by atoms with Crippen LogP contribution >= 0.6 is 0 Å². The predicted octanol–water partition coefficient (Wildman–Crippen LogP) is 4.47. The molecule has 1 N–H and O–H groups in total. The Bertz CT molecular complexity index is 528. The molecule has 0 atom stereocenters. The minimum atomic E-state index is 0.597. The maximum Gasteiger partial charge on any atom is 0.00103 e. The van der Waals surface area contributed by atoms with E-state index in [4.69, 9.17) is 0 Å². The minimum Gasteiger partial charge on any atom is -0.315 e. The van der Waals surface area contributed by atoms with Crippen molar-refractivity contribution in [2.75, 3.05) is 6.54 Å². The van der Waals surface area contributed by atoms with Gasteiger partial charge < -0.3 is 5.32 Å². The van der Waals surface area contributed by atoms with Crippen molar-refractivity contribution < 1.29 is 0 Å². The number of fused-ring (bicyclic) bond motifs is 1. The van der Waals surface area contributed by atoms with Crippen molar-refractivity contribution in [2.45, 2.75) is 46.1 Å². The second-order valence-corrected chi connectivity index (χ2v) is 5.65. The molecule has 0 unspecified atom stereocenters. The minimum absolute atomic E-state index is 0.597. The smallest absolute Gasteiger partial charge is 0.00103 e. The van der Waals surface area contributed by atoms with Gasteiger partial charge in [0.15, 0.2) is 0 Å². The Kier molecular flexibility index (Phi) is 4.98. The fourth-order valence-electron chi connectivity index (χ4n) is 2.56. The van der Waals surface area contributed by atoms with Crippen LogP contribution in [0.15, 0.2) is 36.4 Å². The highest BCUT2D eigenvalue weighted by atomic mass is 14.9. The van der Waals surface area contributed by atoms with Crippen LogP contribution in [0.25, 0.3) is 10.8 Å². The van der Waals surface area contributed by atoms with Gasteiger partial charge in [0.1, 0.15) is 0 Å². The second kappa shape index (κ2) is 6.72. The van der Waals surface area contributed by atoms with Gasteiger partial charge in [0.05, 0.1) is 0 Å². The average Bonchev–Trinajstić information content (AvgIpc) is 2.41. The zero-order valence-electron chi connectivity index (χ0n) is 12.4. The molecule has 0 aromatic heterocycles. The fraction of sp³-hybridized carbons (Fsp3) is 0.444. The van der Waals surface area contributed by atoms with Crippen LogP contribution in [0.4, 0.5) is 0 Å². The van der Waals surface area contributed by atoms with Crippen molar-refractivity contribution in [3.8, 4) is 0 Å². The molecule has 2 aromatic rings. The van der Waals surface area contributed by atoms with Crippen molar-refractivity contribution >= 4 is 10.8 Å². The Balaban J connectivity index is 1.99. The topological polar surface area (TPSA) is 12.0 Å². The first-order valence-corrected chi connectivity index (χ1v) is 7.39. The van der Waals surface area contributed by atoms with Crippen molar-refractivity contribution in [3.63, 3.8) is 0 Å². The second-order valence-electron chi connectivity index (χ2n) is 5.65. The first-order valence-electron chi connectivity index (χ1n) is 7.39. The molecule has 0 radical (unpaired) electrons. The summed E-state index contributed by atoms with van der Waals surface area (Å²) in [5.74, 6) is 0. The normalized spacial score (nSPS) is 11.4. The van der Waals surface area contributed by atoms with Gasteiger partial charge in [-0.1, -0.05) is 50.2 Å². The van der Waals surface area contributed by atoms with E-state index in [-0.39, 0.29) is 0 Å². The molecule has 102 valence electrons. The summed E-state index contributed by atoms with van der Waals surface area (Å²) < 4.78 is 0. The number of hydrogen-bond acceptors (Lipinski definition) is 1. The highest BCUT2D eigenvalue weighted by Gasteiger charge is 2.03. The van der Waals surface area contributed by atoms with E-state index in [9.17, 15) is 0 Å². The van der Waals surface area contributed by atoms with Gasteiger partial charge in [-0.2, -0.15) is 0 Å². The molecule has 0 saturated carbocycles. The van der Waals surface area contributed by atoms with Crippen LogP contribution in [0.2, 0.25) is 0 Å². The molecule has 0 saturated heterocycles. The molecule has 1 nitrogen and oxygen atoms in total. The quantitative estimate of drug-likeness (QED) is 0.751. The maximum absolute atomic E-state index is 3.48. The van der Waals surface area contributed by atoms with Crippen LogP contribution < -0.4 is 5.32 Å². The van der Waals surface area contributed by atoms with E-state index < -0.39 is 0 Å². The molecule has 0 fully saturated rings. The molecule has 0 spiro atoms. The van der Waals surface area contributed by atoms with E-state index in [1.54, 1.807) is 0 Å². The zero-order valence-corrected chi connectivity index (χ0v) is 12.4. The number of unbranched alkanes of at least 4 members (excludes halogenated alkanes) is 1. The lowest BCUT2D eigenvalue weighted by Gasteiger charge is -2.10. The fourth-order valence-corrected chi connectivity index (χ4v) is 2.56. The molecule has 2 rings (SSSR count). The number of benzene rings is 2. The van der Waals surface area contributed by atoms with Crippen LogP contribution in [0.1, 0.15) is 37.8 Å². The SMILES string of the molecule is Cc1ccc(CCCCNC(C)C)c2ccccc12. The Labute approximate surface area is 117 Å². The number of aryl methyl sites for hydroxylation is 2. The summed E-state index contributed by atoms with van der Waals surface area (Å²) in [6.45, 7) is 7.72. The standard InChI is InChI=1S/C18H25N/c1-14(2)19-13-7-6-8-16-12-11-15(3)17-9-4-5-10-18(16)17/h4-5,9-12,14,19H,6-8,13H2,1-3H3. The Morgan fingerprint density at radius 1 is 0.947 bits per heavy atom. The third-order valence-corrected chi connectivity index (χ3v) is 3.66. The van der Waals surface area contributed by atoms with Gasteiger partial charge in [0.2, 0.25) is 0 Å². The Hall–Kier alpha value is -1.34. The maximum atomic E-state index is 3.48. The summed E-state index contributed by atoms with van der Waals surface area (Å²) in [6.07, 6.45) is 3.69. The van der Waals surface area contributed by atoms with Gasteiger partial charge in [-0.15, -0.1) is 0 Å². The van der Waals surface area contributed by atoms with E-state index in [1.165, 1.54) is 41.2 Å². The van der Waals surface area contributed by atoms with Gasteiger partial charge in [-0.25, -0.2) is 0 Å². The third-order valence-electron chi connectivity index (χ3n) is 3.66. The largest absolute Gasteiger partial charge is 0.315 e. The number of rotatable bonds is 6. The summed E-state index contributed by atoms with van der Waals surface area (Å²) in [6, 6.07) is 13.9. The monoisotopic (exact) mass is 255 g/mol. The molecule has 2 aromatic carbocycles. The number of hydrogen-bond donors (Lipinski definition) is 1. The van der Waals surface area contributed by atoms with Crippen LogP contribution in [-0.2, 0) is 6.42 Å². The molecule has 0 aliphatic carbocycles. The molecular weight excluding hydrogens is 230 g/mol. The summed E-state index contributed by atoms with van der Waals surface area (Å²) in [5, 5.41) is 6.31. The van der Waals surface area contributed by atoms with Crippen LogP contribution in [0.3, 0.4) is 0 Å². The Morgan fingerprint density at radius 3 is 2.42 bits per heavy atom. The molecule has 0 aliphatic heterocycles. The first kappa shape index (κ1) is 14.1. The van der Waals surface area contributed by atoms with Crippen LogP contribution in [0.5, 0.6) is 0 Å². The lowest BCUT2D eigenvalue weighted by atomic mass is 9.97. The third kappa shape index (κ3) is 3.81. The van der Waals surface area contributed by atoms with E-state index >= 15 is 0 Å². The van der Waals surface area contributed by atoms with E-state index in [0.29, 0.717) is 6.04 Å².